The third kappa shape index (κ3) is 3.02. The van der Waals surface area contributed by atoms with Gasteiger partial charge in [0.25, 0.3) is 0 Å². The Bertz CT molecular complexity index is 634. The van der Waals surface area contributed by atoms with Gasteiger partial charge in [0.2, 0.25) is 7.37 Å². The summed E-state index contributed by atoms with van der Waals surface area (Å²) in [6, 6.07) is 20.4. The second-order valence-corrected chi connectivity index (χ2v) is 7.76. The molecular weight excluding hydrogens is 279 g/mol. The van der Waals surface area contributed by atoms with E-state index in [0.29, 0.717) is 18.9 Å². The quantitative estimate of drug-likeness (QED) is 0.748. The van der Waals surface area contributed by atoms with Gasteiger partial charge in [-0.05, 0) is 29.2 Å². The van der Waals surface area contributed by atoms with Gasteiger partial charge in [-0.1, -0.05) is 60.7 Å². The summed E-state index contributed by atoms with van der Waals surface area (Å²) in [5, 5.41) is 0. The topological polar surface area (TPSA) is 26.3 Å². The van der Waals surface area contributed by atoms with Gasteiger partial charge in [0.15, 0.2) is 0 Å². The fourth-order valence-electron chi connectivity index (χ4n) is 2.86. The summed E-state index contributed by atoms with van der Waals surface area (Å²) in [5.74, 6) is 0. The zero-order chi connectivity index (χ0) is 14.7. The fourth-order valence-corrected chi connectivity index (χ4v) is 5.34. The first-order valence-electron chi connectivity index (χ1n) is 7.27. The van der Waals surface area contributed by atoms with E-state index in [-0.39, 0.29) is 0 Å². The predicted octanol–water partition coefficient (Wildman–Crippen LogP) is 4.93. The molecule has 0 atom stereocenters. The number of benzene rings is 2. The van der Waals surface area contributed by atoms with Gasteiger partial charge in [-0.25, -0.2) is 0 Å². The van der Waals surface area contributed by atoms with Gasteiger partial charge in [0, 0.05) is 0 Å². The van der Waals surface area contributed by atoms with Crippen molar-refractivity contribution in [1.29, 1.82) is 0 Å². The van der Waals surface area contributed by atoms with Crippen LogP contribution in [0.25, 0.3) is 11.1 Å². The molecule has 2 aromatic rings. The summed E-state index contributed by atoms with van der Waals surface area (Å²) in [6.07, 6.45) is 1.07. The van der Waals surface area contributed by atoms with E-state index in [1.165, 1.54) is 11.1 Å². The maximum absolute atomic E-state index is 12.9. The van der Waals surface area contributed by atoms with Crippen LogP contribution in [0.15, 0.2) is 60.7 Å². The van der Waals surface area contributed by atoms with E-state index in [9.17, 15) is 4.57 Å². The van der Waals surface area contributed by atoms with E-state index in [0.717, 1.165) is 11.1 Å². The minimum Gasteiger partial charge on any atom is -0.328 e. The Morgan fingerprint density at radius 2 is 1.29 bits per heavy atom. The monoisotopic (exact) mass is 298 g/mol. The highest BCUT2D eigenvalue weighted by Gasteiger charge is 2.35. The van der Waals surface area contributed by atoms with Gasteiger partial charge in [0.1, 0.15) is 0 Å². The van der Waals surface area contributed by atoms with Crippen LogP contribution in [0, 0.1) is 0 Å². The smallest absolute Gasteiger partial charge is 0.211 e. The van der Waals surface area contributed by atoms with Crippen molar-refractivity contribution in [3.05, 3.63) is 71.8 Å². The number of hydrogen-bond acceptors (Lipinski definition) is 2. The van der Waals surface area contributed by atoms with Gasteiger partial charge >= 0.3 is 0 Å². The number of allylic oxidation sites excluding steroid dienone is 2. The molecule has 2 aromatic carbocycles. The summed E-state index contributed by atoms with van der Waals surface area (Å²) in [7, 11) is -2.59. The van der Waals surface area contributed by atoms with Crippen molar-refractivity contribution in [2.45, 2.75) is 6.92 Å². The Labute approximate surface area is 125 Å². The normalized spacial score (nSPS) is 17.2. The van der Waals surface area contributed by atoms with Gasteiger partial charge in [-0.15, -0.1) is 0 Å². The second-order valence-electron chi connectivity index (χ2n) is 5.24. The predicted molar refractivity (Wildman–Crippen MR) is 88.7 cm³/mol. The zero-order valence-electron chi connectivity index (χ0n) is 12.2. The molecule has 3 rings (SSSR count). The van der Waals surface area contributed by atoms with Crippen LogP contribution in [0.4, 0.5) is 0 Å². The summed E-state index contributed by atoms with van der Waals surface area (Å²) in [5.41, 5.74) is 4.62. The Morgan fingerprint density at radius 1 is 0.857 bits per heavy atom. The lowest BCUT2D eigenvalue weighted by Gasteiger charge is -2.11. The number of hydrogen-bond donors (Lipinski definition) is 0. The Balaban J connectivity index is 2.07. The average molecular weight is 298 g/mol. The van der Waals surface area contributed by atoms with Crippen molar-refractivity contribution in [1.82, 2.24) is 0 Å². The fraction of sp³-hybridized carbons (Fsp3) is 0.222. The van der Waals surface area contributed by atoms with Crippen molar-refractivity contribution in [3.63, 3.8) is 0 Å². The maximum atomic E-state index is 12.9. The van der Waals surface area contributed by atoms with Crippen LogP contribution in [0.1, 0.15) is 18.1 Å². The highest BCUT2D eigenvalue weighted by molar-refractivity contribution is 7.60. The lowest BCUT2D eigenvalue weighted by atomic mass is 9.97. The molecular formula is C18H19O2P. The molecule has 0 bridgehead atoms. The minimum absolute atomic E-state index is 0.501. The summed E-state index contributed by atoms with van der Waals surface area (Å²) in [4.78, 5) is 0. The first-order valence-corrected chi connectivity index (χ1v) is 9.27. The van der Waals surface area contributed by atoms with E-state index in [1.807, 2.05) is 43.3 Å². The molecule has 0 amide bonds. The van der Waals surface area contributed by atoms with E-state index in [1.54, 1.807) is 0 Å². The van der Waals surface area contributed by atoms with Gasteiger partial charge in [-0.2, -0.15) is 0 Å². The molecule has 3 heteroatoms. The first-order chi connectivity index (χ1) is 10.2. The van der Waals surface area contributed by atoms with Crippen LogP contribution in [-0.2, 0) is 9.09 Å². The molecule has 1 aliphatic rings. The first kappa shape index (κ1) is 14.3. The highest BCUT2D eigenvalue weighted by Crippen LogP contribution is 2.59. The molecule has 0 saturated heterocycles. The Kier molecular flexibility index (Phi) is 4.10. The maximum Gasteiger partial charge on any atom is 0.211 e. The summed E-state index contributed by atoms with van der Waals surface area (Å²) in [6.45, 7) is 2.41. The molecule has 1 aliphatic heterocycles. The third-order valence-electron chi connectivity index (χ3n) is 3.77. The Hall–Kier alpha value is -1.63. The molecule has 21 heavy (non-hydrogen) atoms. The van der Waals surface area contributed by atoms with Crippen LogP contribution in [0.5, 0.6) is 0 Å². The van der Waals surface area contributed by atoms with Crippen molar-refractivity contribution < 1.29 is 9.09 Å². The Morgan fingerprint density at radius 3 is 1.67 bits per heavy atom. The van der Waals surface area contributed by atoms with Gasteiger partial charge in [0.05, 0.1) is 18.9 Å². The molecule has 0 radical (unpaired) electrons. The lowest BCUT2D eigenvalue weighted by molar-refractivity contribution is 0.338. The summed E-state index contributed by atoms with van der Waals surface area (Å²) >= 11 is 0. The summed E-state index contributed by atoms with van der Waals surface area (Å²) < 4.78 is 18.5. The highest BCUT2D eigenvalue weighted by atomic mass is 31.2. The van der Waals surface area contributed by atoms with Crippen molar-refractivity contribution in [3.8, 4) is 0 Å². The molecule has 0 N–H and O–H groups in total. The molecule has 0 unspecified atom stereocenters. The second kappa shape index (κ2) is 6.01. The largest absolute Gasteiger partial charge is 0.328 e. The standard InChI is InChI=1S/C18H19O2P/c1-2-20-21(19)13-17(15-9-5-3-6-10-15)18(14-21)16-11-7-4-8-12-16/h3-12H,2,13-14H2,1H3. The van der Waals surface area contributed by atoms with Crippen LogP contribution < -0.4 is 0 Å². The molecule has 0 fully saturated rings. The number of rotatable bonds is 4. The van der Waals surface area contributed by atoms with Crippen LogP contribution in [-0.4, -0.2) is 18.9 Å². The molecule has 0 saturated carbocycles. The van der Waals surface area contributed by atoms with E-state index in [4.69, 9.17) is 4.52 Å². The third-order valence-corrected chi connectivity index (χ3v) is 6.10. The van der Waals surface area contributed by atoms with E-state index in [2.05, 4.69) is 24.3 Å². The van der Waals surface area contributed by atoms with Gasteiger partial charge < -0.3 is 4.52 Å². The lowest BCUT2D eigenvalue weighted by Crippen LogP contribution is -1.94. The average Bonchev–Trinajstić information content (AvgIpc) is 2.87. The van der Waals surface area contributed by atoms with Crippen molar-refractivity contribution >= 4 is 18.5 Å². The molecule has 1 heterocycles. The zero-order valence-corrected chi connectivity index (χ0v) is 13.1. The molecule has 0 spiro atoms. The van der Waals surface area contributed by atoms with Crippen LogP contribution in [0.2, 0.25) is 0 Å². The molecule has 0 aliphatic carbocycles. The van der Waals surface area contributed by atoms with Gasteiger partial charge in [-0.3, -0.25) is 4.57 Å². The van der Waals surface area contributed by atoms with Crippen molar-refractivity contribution in [2.75, 3.05) is 18.9 Å². The van der Waals surface area contributed by atoms with E-state index >= 15 is 0 Å². The molecule has 108 valence electrons. The van der Waals surface area contributed by atoms with E-state index < -0.39 is 7.37 Å². The van der Waals surface area contributed by atoms with Crippen molar-refractivity contribution in [2.24, 2.45) is 0 Å². The van der Waals surface area contributed by atoms with Crippen LogP contribution in [0.3, 0.4) is 0 Å². The molecule has 0 aromatic heterocycles. The van der Waals surface area contributed by atoms with Crippen LogP contribution >= 0.6 is 7.37 Å². The molecule has 2 nitrogen and oxygen atoms in total. The SMILES string of the molecule is CCOP1(=O)CC(c2ccccc2)=C(c2ccccc2)C1. The minimum atomic E-state index is -2.59.